The summed E-state index contributed by atoms with van der Waals surface area (Å²) in [6, 6.07) is 11.1. The van der Waals surface area contributed by atoms with Gasteiger partial charge in [0.2, 0.25) is 0 Å². The number of anilines is 2. The van der Waals surface area contributed by atoms with Crippen LogP contribution in [0.25, 0.3) is 0 Å². The molecule has 3 aromatic rings. The van der Waals surface area contributed by atoms with E-state index < -0.39 is 11.7 Å². The third-order valence-corrected chi connectivity index (χ3v) is 3.83. The van der Waals surface area contributed by atoms with E-state index in [0.29, 0.717) is 11.3 Å². The maximum atomic E-state index is 13.7. The highest BCUT2D eigenvalue weighted by atomic mass is 32.1. The van der Waals surface area contributed by atoms with Crippen LogP contribution in [-0.2, 0) is 12.7 Å². The number of rotatable bonds is 4. The van der Waals surface area contributed by atoms with E-state index in [-0.39, 0.29) is 23.2 Å². The zero-order valence-electron chi connectivity index (χ0n) is 13.8. The Morgan fingerprint density at radius 1 is 1.04 bits per heavy atom. The summed E-state index contributed by atoms with van der Waals surface area (Å²) in [4.78, 5) is 0. The normalized spacial score (nSPS) is 11.3. The zero-order chi connectivity index (χ0) is 19.4. The molecule has 3 rings (SSSR count). The molecule has 140 valence electrons. The second-order valence-electron chi connectivity index (χ2n) is 5.68. The van der Waals surface area contributed by atoms with Gasteiger partial charge in [0.25, 0.3) is 0 Å². The minimum Gasteiger partial charge on any atom is -0.332 e. The van der Waals surface area contributed by atoms with Gasteiger partial charge in [-0.05, 0) is 36.5 Å². The van der Waals surface area contributed by atoms with Gasteiger partial charge in [0, 0.05) is 17.4 Å². The van der Waals surface area contributed by atoms with Crippen molar-refractivity contribution >= 4 is 28.7 Å². The van der Waals surface area contributed by atoms with Crippen molar-refractivity contribution < 1.29 is 17.6 Å². The van der Waals surface area contributed by atoms with Crippen molar-refractivity contribution in [3.63, 3.8) is 0 Å². The second-order valence-corrected chi connectivity index (χ2v) is 6.08. The Morgan fingerprint density at radius 3 is 2.52 bits per heavy atom. The van der Waals surface area contributed by atoms with Gasteiger partial charge < -0.3 is 10.6 Å². The molecule has 27 heavy (non-hydrogen) atoms. The van der Waals surface area contributed by atoms with E-state index in [0.717, 1.165) is 12.1 Å². The lowest BCUT2D eigenvalue weighted by Gasteiger charge is -2.11. The smallest absolute Gasteiger partial charge is 0.332 e. The Morgan fingerprint density at radius 2 is 1.78 bits per heavy atom. The van der Waals surface area contributed by atoms with Crippen molar-refractivity contribution in [3.8, 4) is 0 Å². The predicted molar refractivity (Wildman–Crippen MR) is 99.0 cm³/mol. The Bertz CT molecular complexity index is 952. The van der Waals surface area contributed by atoms with E-state index in [1.165, 1.54) is 29.1 Å². The van der Waals surface area contributed by atoms with Gasteiger partial charge in [-0.3, -0.25) is 4.68 Å². The molecule has 4 nitrogen and oxygen atoms in total. The first-order valence-electron chi connectivity index (χ1n) is 7.82. The highest BCUT2D eigenvalue weighted by Crippen LogP contribution is 2.30. The average molecular weight is 394 g/mol. The Labute approximate surface area is 157 Å². The Balaban J connectivity index is 1.62. The summed E-state index contributed by atoms with van der Waals surface area (Å²) >= 11 is 5.11. The molecule has 0 amide bonds. The van der Waals surface area contributed by atoms with E-state index >= 15 is 0 Å². The third kappa shape index (κ3) is 5.04. The molecular weight excluding hydrogens is 380 g/mol. The summed E-state index contributed by atoms with van der Waals surface area (Å²) in [5, 5.41) is 9.75. The van der Waals surface area contributed by atoms with Crippen LogP contribution in [-0.4, -0.2) is 14.9 Å². The van der Waals surface area contributed by atoms with Crippen LogP contribution in [0.1, 0.15) is 11.1 Å². The predicted octanol–water partition coefficient (Wildman–Crippen LogP) is 4.90. The van der Waals surface area contributed by atoms with Crippen LogP contribution < -0.4 is 10.6 Å². The SMILES string of the molecule is Fc1ccccc1Cn1cc(NC(=S)Nc2cccc(C(F)(F)F)c2)cn1. The number of hydrogen-bond donors (Lipinski definition) is 2. The van der Waals surface area contributed by atoms with Crippen LogP contribution in [0.4, 0.5) is 28.9 Å². The number of hydrogen-bond acceptors (Lipinski definition) is 2. The molecule has 0 spiro atoms. The van der Waals surface area contributed by atoms with Gasteiger partial charge in [-0.2, -0.15) is 18.3 Å². The third-order valence-electron chi connectivity index (χ3n) is 3.63. The standard InChI is InChI=1S/C18H14F4N4S/c19-16-7-2-1-4-12(16)10-26-11-15(9-23-26)25-17(27)24-14-6-3-5-13(8-14)18(20,21)22/h1-9,11H,10H2,(H2,24,25,27). The number of benzene rings is 2. The molecule has 2 aromatic carbocycles. The molecule has 0 unspecified atom stereocenters. The molecule has 2 N–H and O–H groups in total. The number of alkyl halides is 3. The van der Waals surface area contributed by atoms with Crippen LogP contribution in [0, 0.1) is 5.82 Å². The Kier molecular flexibility index (Phi) is 5.41. The molecule has 0 aliphatic rings. The molecule has 0 atom stereocenters. The molecule has 0 saturated carbocycles. The van der Waals surface area contributed by atoms with Crippen LogP contribution in [0.15, 0.2) is 60.9 Å². The molecular formula is C18H14F4N4S. The lowest BCUT2D eigenvalue weighted by Crippen LogP contribution is -2.19. The van der Waals surface area contributed by atoms with E-state index in [9.17, 15) is 17.6 Å². The quantitative estimate of drug-likeness (QED) is 0.488. The lowest BCUT2D eigenvalue weighted by molar-refractivity contribution is -0.137. The second kappa shape index (κ2) is 7.75. The molecule has 0 saturated heterocycles. The van der Waals surface area contributed by atoms with E-state index in [2.05, 4.69) is 15.7 Å². The molecule has 1 aromatic heterocycles. The van der Waals surface area contributed by atoms with Crippen LogP contribution in [0.3, 0.4) is 0 Å². The van der Waals surface area contributed by atoms with Crippen molar-refractivity contribution in [3.05, 3.63) is 77.9 Å². The Hall–Kier alpha value is -2.94. The zero-order valence-corrected chi connectivity index (χ0v) is 14.6. The minimum atomic E-state index is -4.43. The molecule has 0 aliphatic heterocycles. The van der Waals surface area contributed by atoms with Crippen molar-refractivity contribution in [1.29, 1.82) is 0 Å². The van der Waals surface area contributed by atoms with Crippen molar-refractivity contribution in [2.45, 2.75) is 12.7 Å². The largest absolute Gasteiger partial charge is 0.416 e. The van der Waals surface area contributed by atoms with Gasteiger partial charge in [-0.15, -0.1) is 0 Å². The number of aromatic nitrogens is 2. The van der Waals surface area contributed by atoms with E-state index in [1.807, 2.05) is 0 Å². The maximum absolute atomic E-state index is 13.7. The summed E-state index contributed by atoms with van der Waals surface area (Å²) in [7, 11) is 0. The number of thiocarbonyl (C=S) groups is 1. The maximum Gasteiger partial charge on any atom is 0.416 e. The highest BCUT2D eigenvalue weighted by molar-refractivity contribution is 7.80. The number of nitrogens with one attached hydrogen (secondary N) is 2. The first-order valence-corrected chi connectivity index (χ1v) is 8.23. The first kappa shape index (κ1) is 18.8. The lowest BCUT2D eigenvalue weighted by atomic mass is 10.2. The van der Waals surface area contributed by atoms with Gasteiger partial charge in [-0.1, -0.05) is 24.3 Å². The van der Waals surface area contributed by atoms with Gasteiger partial charge >= 0.3 is 6.18 Å². The van der Waals surface area contributed by atoms with Crippen molar-refractivity contribution in [2.24, 2.45) is 0 Å². The molecule has 9 heteroatoms. The highest BCUT2D eigenvalue weighted by Gasteiger charge is 2.30. The number of halogens is 4. The molecule has 0 bridgehead atoms. The van der Waals surface area contributed by atoms with Crippen LogP contribution >= 0.6 is 12.2 Å². The van der Waals surface area contributed by atoms with Gasteiger partial charge in [0.15, 0.2) is 5.11 Å². The fraction of sp³-hybridized carbons (Fsp3) is 0.111. The van der Waals surface area contributed by atoms with E-state index in [4.69, 9.17) is 12.2 Å². The summed E-state index contributed by atoms with van der Waals surface area (Å²) in [6.45, 7) is 0.238. The topological polar surface area (TPSA) is 41.9 Å². The van der Waals surface area contributed by atoms with Crippen LogP contribution in [0.2, 0.25) is 0 Å². The average Bonchev–Trinajstić information content (AvgIpc) is 3.03. The molecule has 0 fully saturated rings. The van der Waals surface area contributed by atoms with Crippen molar-refractivity contribution in [2.75, 3.05) is 10.6 Å². The monoisotopic (exact) mass is 394 g/mol. The fourth-order valence-corrected chi connectivity index (χ4v) is 2.62. The van der Waals surface area contributed by atoms with Gasteiger partial charge in [-0.25, -0.2) is 4.39 Å². The number of nitrogens with zero attached hydrogens (tertiary/aromatic N) is 2. The fourth-order valence-electron chi connectivity index (χ4n) is 2.38. The van der Waals surface area contributed by atoms with Crippen LogP contribution in [0.5, 0.6) is 0 Å². The van der Waals surface area contributed by atoms with Crippen molar-refractivity contribution in [1.82, 2.24) is 9.78 Å². The summed E-state index contributed by atoms with van der Waals surface area (Å²) in [5.41, 5.74) is 0.446. The molecule has 0 radical (unpaired) electrons. The summed E-state index contributed by atoms with van der Waals surface area (Å²) in [5.74, 6) is -0.329. The summed E-state index contributed by atoms with van der Waals surface area (Å²) < 4.78 is 53.4. The van der Waals surface area contributed by atoms with Gasteiger partial charge in [0.1, 0.15) is 5.82 Å². The minimum absolute atomic E-state index is 0.111. The first-order chi connectivity index (χ1) is 12.8. The van der Waals surface area contributed by atoms with Gasteiger partial charge in [0.05, 0.1) is 24.0 Å². The summed E-state index contributed by atoms with van der Waals surface area (Å²) in [6.07, 6.45) is -1.33. The van der Waals surface area contributed by atoms with E-state index in [1.54, 1.807) is 24.4 Å². The molecule has 1 heterocycles. The molecule has 0 aliphatic carbocycles.